The van der Waals surface area contributed by atoms with Crippen molar-refractivity contribution in [3.05, 3.63) is 60.2 Å². The van der Waals surface area contributed by atoms with Crippen molar-refractivity contribution in [1.82, 2.24) is 5.32 Å². The third kappa shape index (κ3) is 5.95. The lowest BCUT2D eigenvalue weighted by Gasteiger charge is -2.23. The van der Waals surface area contributed by atoms with E-state index in [0.29, 0.717) is 42.7 Å². The lowest BCUT2D eigenvalue weighted by atomic mass is 9.97. The lowest BCUT2D eigenvalue weighted by molar-refractivity contribution is -0.126. The average molecular weight is 487 g/mol. The topological polar surface area (TPSA) is 114 Å². The van der Waals surface area contributed by atoms with Crippen LogP contribution in [0.2, 0.25) is 0 Å². The van der Waals surface area contributed by atoms with E-state index < -0.39 is 15.4 Å². The van der Waals surface area contributed by atoms with E-state index in [2.05, 4.69) is 10.3 Å². The molecular weight excluding hydrogens is 456 g/mol. The van der Waals surface area contributed by atoms with Crippen molar-refractivity contribution in [2.24, 2.45) is 10.9 Å². The van der Waals surface area contributed by atoms with Crippen LogP contribution in [0.5, 0.6) is 5.75 Å². The molecule has 0 aromatic heterocycles. The molecule has 8 nitrogen and oxygen atoms in total. The number of aliphatic hydroxyl groups is 1. The van der Waals surface area contributed by atoms with Crippen molar-refractivity contribution in [1.29, 1.82) is 0 Å². The van der Waals surface area contributed by atoms with Gasteiger partial charge in [-0.3, -0.25) is 4.79 Å². The van der Waals surface area contributed by atoms with E-state index in [9.17, 15) is 13.2 Å². The number of hydrogen-bond acceptors (Lipinski definition) is 7. The molecule has 1 atom stereocenters. The first kappa shape index (κ1) is 24.2. The maximum atomic E-state index is 13.2. The smallest absolute Gasteiger partial charge is 0.251 e. The van der Waals surface area contributed by atoms with Crippen LogP contribution in [0, 0.1) is 5.92 Å². The summed E-state index contributed by atoms with van der Waals surface area (Å²) in [5.74, 6) is 0.921. The molecule has 2 aromatic carbocycles. The molecule has 182 valence electrons. The summed E-state index contributed by atoms with van der Waals surface area (Å²) in [4.78, 5) is 18.1. The van der Waals surface area contributed by atoms with Gasteiger partial charge in [0.2, 0.25) is 5.90 Å². The summed E-state index contributed by atoms with van der Waals surface area (Å²) in [5, 5.41) is 11.8. The number of aliphatic imine (C=N–C) groups is 1. The largest absolute Gasteiger partial charge is 0.494 e. The van der Waals surface area contributed by atoms with Gasteiger partial charge in [0.15, 0.2) is 15.4 Å². The standard InChI is InChI=1S/C25H30N2O6S/c28-14-4-15-32-21-11-9-20(10-12-21)23-27-25(18-33-23,24(29)26-17-19-7-8-19)13-16-34(30,31)22-5-2-1-3-6-22/h1-3,5-6,9-12,19,28H,4,7-8,13-18H2,(H,26,29)/t25-/m1/s1. The second-order valence-corrected chi connectivity index (χ2v) is 10.8. The Balaban J connectivity index is 1.52. The first-order valence-electron chi connectivity index (χ1n) is 11.5. The van der Waals surface area contributed by atoms with Crippen molar-refractivity contribution >= 4 is 21.6 Å². The van der Waals surface area contributed by atoms with Gasteiger partial charge in [-0.2, -0.15) is 0 Å². The van der Waals surface area contributed by atoms with Gasteiger partial charge in [-0.15, -0.1) is 0 Å². The molecule has 1 fully saturated rings. The molecule has 0 radical (unpaired) electrons. The van der Waals surface area contributed by atoms with E-state index in [1.165, 1.54) is 0 Å². The highest BCUT2D eigenvalue weighted by molar-refractivity contribution is 7.91. The van der Waals surface area contributed by atoms with Crippen LogP contribution >= 0.6 is 0 Å². The second-order valence-electron chi connectivity index (χ2n) is 8.72. The van der Waals surface area contributed by atoms with E-state index in [1.807, 2.05) is 0 Å². The zero-order valence-electron chi connectivity index (χ0n) is 19.0. The van der Waals surface area contributed by atoms with Gasteiger partial charge in [-0.1, -0.05) is 18.2 Å². The minimum Gasteiger partial charge on any atom is -0.494 e. The zero-order chi connectivity index (χ0) is 24.0. The first-order chi connectivity index (χ1) is 16.4. The number of nitrogens with zero attached hydrogens (tertiary/aromatic N) is 1. The number of ether oxygens (including phenoxy) is 2. The van der Waals surface area contributed by atoms with Crippen molar-refractivity contribution in [2.45, 2.75) is 36.1 Å². The Morgan fingerprint density at radius 1 is 1.15 bits per heavy atom. The molecule has 9 heteroatoms. The zero-order valence-corrected chi connectivity index (χ0v) is 19.8. The van der Waals surface area contributed by atoms with Crippen LogP contribution < -0.4 is 10.1 Å². The number of benzene rings is 2. The molecule has 1 heterocycles. The molecule has 1 amide bonds. The number of rotatable bonds is 12. The van der Waals surface area contributed by atoms with Gasteiger partial charge in [-0.05, 0) is 61.6 Å². The number of sulfone groups is 1. The predicted molar refractivity (Wildman–Crippen MR) is 128 cm³/mol. The van der Waals surface area contributed by atoms with E-state index in [4.69, 9.17) is 14.6 Å². The SMILES string of the molecule is O=C(NCC1CC1)[C@@]1(CCS(=O)(=O)c2ccccc2)COC(c2ccc(OCCCO)cc2)=N1. The summed E-state index contributed by atoms with van der Waals surface area (Å²) < 4.78 is 37.1. The van der Waals surface area contributed by atoms with Crippen molar-refractivity contribution in [3.8, 4) is 5.75 Å². The van der Waals surface area contributed by atoms with Gasteiger partial charge in [-0.25, -0.2) is 13.4 Å². The van der Waals surface area contributed by atoms with Crippen LogP contribution in [0.4, 0.5) is 0 Å². The number of carbonyl (C=O) groups excluding carboxylic acids is 1. The third-order valence-electron chi connectivity index (χ3n) is 5.99. The fraction of sp³-hybridized carbons (Fsp3) is 0.440. The molecule has 1 saturated carbocycles. The fourth-order valence-electron chi connectivity index (χ4n) is 3.67. The molecule has 1 aliphatic heterocycles. The number of nitrogens with one attached hydrogen (secondary N) is 1. The van der Waals surface area contributed by atoms with Gasteiger partial charge in [0, 0.05) is 25.1 Å². The van der Waals surface area contributed by atoms with E-state index in [0.717, 1.165) is 12.8 Å². The second kappa shape index (κ2) is 10.6. The number of carbonyl (C=O) groups is 1. The summed E-state index contributed by atoms with van der Waals surface area (Å²) in [5.41, 5.74) is -0.625. The average Bonchev–Trinajstić information content (AvgIpc) is 3.59. The summed E-state index contributed by atoms with van der Waals surface area (Å²) >= 11 is 0. The highest BCUT2D eigenvalue weighted by atomic mass is 32.2. The molecule has 0 unspecified atom stereocenters. The molecule has 34 heavy (non-hydrogen) atoms. The molecule has 0 spiro atoms. The highest BCUT2D eigenvalue weighted by Crippen LogP contribution is 2.31. The van der Waals surface area contributed by atoms with Crippen LogP contribution in [0.15, 0.2) is 64.5 Å². The molecule has 0 saturated heterocycles. The Morgan fingerprint density at radius 3 is 2.56 bits per heavy atom. The Bertz CT molecular complexity index is 1110. The van der Waals surface area contributed by atoms with Crippen LogP contribution in [0.3, 0.4) is 0 Å². The lowest BCUT2D eigenvalue weighted by Crippen LogP contribution is -2.48. The summed E-state index contributed by atoms with van der Waals surface area (Å²) in [7, 11) is -3.58. The molecule has 4 rings (SSSR count). The Morgan fingerprint density at radius 2 is 1.88 bits per heavy atom. The highest BCUT2D eigenvalue weighted by Gasteiger charge is 2.45. The van der Waals surface area contributed by atoms with E-state index >= 15 is 0 Å². The summed E-state index contributed by atoms with van der Waals surface area (Å²) in [6.45, 7) is 1.02. The maximum Gasteiger partial charge on any atom is 0.251 e. The van der Waals surface area contributed by atoms with Gasteiger partial charge in [0.05, 0.1) is 17.3 Å². The molecule has 2 aromatic rings. The van der Waals surface area contributed by atoms with E-state index in [1.54, 1.807) is 54.6 Å². The van der Waals surface area contributed by atoms with Crippen molar-refractivity contribution < 1.29 is 27.8 Å². The Hall–Kier alpha value is -2.91. The van der Waals surface area contributed by atoms with Crippen LogP contribution in [0.1, 0.15) is 31.2 Å². The van der Waals surface area contributed by atoms with Crippen molar-refractivity contribution in [2.75, 3.05) is 32.1 Å². The van der Waals surface area contributed by atoms with E-state index in [-0.39, 0.29) is 36.2 Å². The number of aliphatic hydroxyl groups excluding tert-OH is 1. The quantitative estimate of drug-likeness (QED) is 0.445. The Labute approximate surface area is 199 Å². The summed E-state index contributed by atoms with van der Waals surface area (Å²) in [6, 6.07) is 15.3. The minimum absolute atomic E-state index is 0.0160. The number of amides is 1. The minimum atomic E-state index is -3.58. The monoisotopic (exact) mass is 486 g/mol. The molecule has 2 aliphatic rings. The van der Waals surface area contributed by atoms with Crippen LogP contribution in [-0.2, 0) is 19.4 Å². The van der Waals surface area contributed by atoms with Crippen LogP contribution in [0.25, 0.3) is 0 Å². The van der Waals surface area contributed by atoms with Gasteiger partial charge in [0.1, 0.15) is 12.4 Å². The molecule has 1 aliphatic carbocycles. The Kier molecular flexibility index (Phi) is 7.53. The predicted octanol–water partition coefficient (Wildman–Crippen LogP) is 2.35. The molecule has 0 bridgehead atoms. The van der Waals surface area contributed by atoms with Crippen LogP contribution in [-0.4, -0.2) is 63.0 Å². The van der Waals surface area contributed by atoms with Gasteiger partial charge in [0.25, 0.3) is 5.91 Å². The third-order valence-corrected chi connectivity index (χ3v) is 7.73. The summed E-state index contributed by atoms with van der Waals surface area (Å²) in [6.07, 6.45) is 2.75. The van der Waals surface area contributed by atoms with Crippen molar-refractivity contribution in [3.63, 3.8) is 0 Å². The van der Waals surface area contributed by atoms with Gasteiger partial charge >= 0.3 is 0 Å². The number of hydrogen-bond donors (Lipinski definition) is 2. The normalized spacial score (nSPS) is 19.9. The molecular formula is C25H30N2O6S. The van der Waals surface area contributed by atoms with Gasteiger partial charge < -0.3 is 19.9 Å². The maximum absolute atomic E-state index is 13.2. The molecule has 2 N–H and O–H groups in total. The first-order valence-corrected chi connectivity index (χ1v) is 13.2. The fourth-order valence-corrected chi connectivity index (χ4v) is 5.09.